The number of rotatable bonds is 15. The summed E-state index contributed by atoms with van der Waals surface area (Å²) in [6.45, 7) is 9.10. The van der Waals surface area contributed by atoms with Gasteiger partial charge < -0.3 is 15.0 Å². The Morgan fingerprint density at radius 2 is 1.65 bits per heavy atom. The fourth-order valence-electron chi connectivity index (χ4n) is 4.30. The van der Waals surface area contributed by atoms with Crippen LogP contribution in [-0.2, 0) is 25.7 Å². The summed E-state index contributed by atoms with van der Waals surface area (Å²) in [5, 5.41) is 3.62. The number of benzene rings is 2. The summed E-state index contributed by atoms with van der Waals surface area (Å²) in [4.78, 5) is 41.3. The Kier molecular flexibility index (Phi) is 13.2. The van der Waals surface area contributed by atoms with Crippen LogP contribution in [0.4, 0.5) is 0 Å². The SMILES string of the molecule is CCCCN(C(=O)C[C@@H](CC(=O)OCC)c1ccc(Cl)cc1)C(CC(C)C)C(=O)NCc1ccccc1. The zero-order chi connectivity index (χ0) is 27.2. The number of hydrogen-bond acceptors (Lipinski definition) is 4. The number of nitrogens with one attached hydrogen (secondary N) is 1. The lowest BCUT2D eigenvalue weighted by atomic mass is 9.91. The average molecular weight is 529 g/mol. The predicted molar refractivity (Wildman–Crippen MR) is 148 cm³/mol. The van der Waals surface area contributed by atoms with Gasteiger partial charge in [0.05, 0.1) is 13.0 Å². The van der Waals surface area contributed by atoms with E-state index in [0.29, 0.717) is 24.5 Å². The molecule has 0 aliphatic heterocycles. The summed E-state index contributed by atoms with van der Waals surface area (Å²) in [7, 11) is 0. The van der Waals surface area contributed by atoms with E-state index in [-0.39, 0.29) is 49.1 Å². The van der Waals surface area contributed by atoms with Gasteiger partial charge in [-0.3, -0.25) is 14.4 Å². The van der Waals surface area contributed by atoms with E-state index in [2.05, 4.69) is 26.1 Å². The predicted octanol–water partition coefficient (Wildman–Crippen LogP) is 6.13. The highest BCUT2D eigenvalue weighted by atomic mass is 35.5. The van der Waals surface area contributed by atoms with Crippen LogP contribution >= 0.6 is 11.6 Å². The first-order valence-electron chi connectivity index (χ1n) is 13.3. The lowest BCUT2D eigenvalue weighted by molar-refractivity contribution is -0.145. The summed E-state index contributed by atoms with van der Waals surface area (Å²) >= 11 is 6.07. The van der Waals surface area contributed by atoms with Crippen LogP contribution in [0.3, 0.4) is 0 Å². The molecule has 0 aliphatic carbocycles. The van der Waals surface area contributed by atoms with Gasteiger partial charge in [-0.15, -0.1) is 0 Å². The zero-order valence-corrected chi connectivity index (χ0v) is 23.3. The minimum atomic E-state index is -0.587. The Bertz CT molecular complexity index is 979. The molecule has 2 aromatic carbocycles. The molecule has 0 radical (unpaired) electrons. The maximum atomic E-state index is 13.8. The van der Waals surface area contributed by atoms with Crippen molar-refractivity contribution in [3.8, 4) is 0 Å². The molecule has 2 rings (SSSR count). The van der Waals surface area contributed by atoms with Crippen molar-refractivity contribution in [3.05, 3.63) is 70.7 Å². The zero-order valence-electron chi connectivity index (χ0n) is 22.5. The fraction of sp³-hybridized carbons (Fsp3) is 0.500. The van der Waals surface area contributed by atoms with Gasteiger partial charge in [-0.05, 0) is 48.9 Å². The first-order chi connectivity index (χ1) is 17.7. The van der Waals surface area contributed by atoms with Crippen molar-refractivity contribution in [1.82, 2.24) is 10.2 Å². The second-order valence-corrected chi connectivity index (χ2v) is 10.2. The molecule has 0 saturated heterocycles. The van der Waals surface area contributed by atoms with Gasteiger partial charge in [0, 0.05) is 30.5 Å². The lowest BCUT2D eigenvalue weighted by Gasteiger charge is -2.33. The molecule has 6 nitrogen and oxygen atoms in total. The Morgan fingerprint density at radius 1 is 0.973 bits per heavy atom. The van der Waals surface area contributed by atoms with Gasteiger partial charge in [0.1, 0.15) is 6.04 Å². The largest absolute Gasteiger partial charge is 0.466 e. The quantitative estimate of drug-likeness (QED) is 0.282. The van der Waals surface area contributed by atoms with Crippen LogP contribution in [0.5, 0.6) is 0 Å². The summed E-state index contributed by atoms with van der Waals surface area (Å²) in [6, 6.07) is 16.3. The molecule has 0 fully saturated rings. The minimum Gasteiger partial charge on any atom is -0.466 e. The molecule has 202 valence electrons. The molecule has 0 aromatic heterocycles. The van der Waals surface area contributed by atoms with Crippen LogP contribution < -0.4 is 5.32 Å². The molecule has 0 saturated carbocycles. The van der Waals surface area contributed by atoms with E-state index in [4.69, 9.17) is 16.3 Å². The molecule has 2 amide bonds. The van der Waals surface area contributed by atoms with Crippen LogP contribution in [0.15, 0.2) is 54.6 Å². The van der Waals surface area contributed by atoms with Crippen molar-refractivity contribution < 1.29 is 19.1 Å². The molecule has 2 atom stereocenters. The third-order valence-corrected chi connectivity index (χ3v) is 6.49. The Balaban J connectivity index is 2.28. The number of unbranched alkanes of at least 4 members (excludes halogenated alkanes) is 1. The third kappa shape index (κ3) is 10.6. The Hall–Kier alpha value is -2.86. The van der Waals surface area contributed by atoms with Crippen molar-refractivity contribution in [2.24, 2.45) is 5.92 Å². The molecule has 2 aromatic rings. The van der Waals surface area contributed by atoms with Crippen molar-refractivity contribution in [1.29, 1.82) is 0 Å². The standard InChI is InChI=1S/C30H41ClN2O4/c1-5-7-17-33(27(18-22(3)4)30(36)32-21-23-11-9-8-10-12-23)28(34)19-25(20-29(35)37-6-2)24-13-15-26(31)16-14-24/h8-16,22,25,27H,5-7,17-21H2,1-4H3,(H,32,36)/t25-,27?/m0/s1. The topological polar surface area (TPSA) is 75.7 Å². The second kappa shape index (κ2) is 16.1. The molecule has 0 heterocycles. The van der Waals surface area contributed by atoms with Gasteiger partial charge in [0.25, 0.3) is 0 Å². The molecular weight excluding hydrogens is 488 g/mol. The van der Waals surface area contributed by atoms with Gasteiger partial charge in [0.15, 0.2) is 0 Å². The average Bonchev–Trinajstić information content (AvgIpc) is 2.87. The first kappa shape index (κ1) is 30.4. The van der Waals surface area contributed by atoms with Gasteiger partial charge in [-0.25, -0.2) is 0 Å². The van der Waals surface area contributed by atoms with E-state index >= 15 is 0 Å². The molecule has 0 aliphatic rings. The maximum absolute atomic E-state index is 13.8. The normalized spacial score (nSPS) is 12.6. The molecule has 1 unspecified atom stereocenters. The highest BCUT2D eigenvalue weighted by Crippen LogP contribution is 2.28. The van der Waals surface area contributed by atoms with Crippen LogP contribution in [0.1, 0.15) is 76.8 Å². The highest BCUT2D eigenvalue weighted by molar-refractivity contribution is 6.30. The van der Waals surface area contributed by atoms with Crippen LogP contribution in [0.25, 0.3) is 0 Å². The molecule has 0 bridgehead atoms. The van der Waals surface area contributed by atoms with Crippen molar-refractivity contribution >= 4 is 29.4 Å². The van der Waals surface area contributed by atoms with Crippen LogP contribution in [0, 0.1) is 5.92 Å². The van der Waals surface area contributed by atoms with Gasteiger partial charge in [0.2, 0.25) is 11.8 Å². The first-order valence-corrected chi connectivity index (χ1v) is 13.6. The molecule has 0 spiro atoms. The number of ether oxygens (including phenoxy) is 1. The summed E-state index contributed by atoms with van der Waals surface area (Å²) in [6.07, 6.45) is 2.42. The number of halogens is 1. The maximum Gasteiger partial charge on any atom is 0.306 e. The number of amides is 2. The van der Waals surface area contributed by atoms with Crippen molar-refractivity contribution in [3.63, 3.8) is 0 Å². The third-order valence-electron chi connectivity index (χ3n) is 6.24. The van der Waals surface area contributed by atoms with Crippen molar-refractivity contribution in [2.45, 2.75) is 78.3 Å². The second-order valence-electron chi connectivity index (χ2n) is 9.75. The highest BCUT2D eigenvalue weighted by Gasteiger charge is 2.32. The molecular formula is C30H41ClN2O4. The smallest absolute Gasteiger partial charge is 0.306 e. The van der Waals surface area contributed by atoms with E-state index in [9.17, 15) is 14.4 Å². The Labute approximate surface area is 226 Å². The van der Waals surface area contributed by atoms with Crippen molar-refractivity contribution in [2.75, 3.05) is 13.2 Å². The van der Waals surface area contributed by atoms with E-state index in [1.807, 2.05) is 42.5 Å². The van der Waals surface area contributed by atoms with E-state index < -0.39 is 6.04 Å². The summed E-state index contributed by atoms with van der Waals surface area (Å²) < 4.78 is 5.18. The number of hydrogen-bond donors (Lipinski definition) is 1. The Morgan fingerprint density at radius 3 is 2.24 bits per heavy atom. The molecule has 7 heteroatoms. The number of nitrogens with zero attached hydrogens (tertiary/aromatic N) is 1. The fourth-order valence-corrected chi connectivity index (χ4v) is 4.43. The summed E-state index contributed by atoms with van der Waals surface area (Å²) in [5.41, 5.74) is 1.85. The number of esters is 1. The summed E-state index contributed by atoms with van der Waals surface area (Å²) in [5.74, 6) is -0.806. The molecule has 1 N–H and O–H groups in total. The van der Waals surface area contributed by atoms with Crippen LogP contribution in [-0.4, -0.2) is 41.9 Å². The molecule has 37 heavy (non-hydrogen) atoms. The van der Waals surface area contributed by atoms with Gasteiger partial charge >= 0.3 is 5.97 Å². The minimum absolute atomic E-state index is 0.0812. The lowest BCUT2D eigenvalue weighted by Crippen LogP contribution is -2.50. The van der Waals surface area contributed by atoms with Gasteiger partial charge in [-0.1, -0.05) is 81.3 Å². The monoisotopic (exact) mass is 528 g/mol. The van der Waals surface area contributed by atoms with E-state index in [0.717, 1.165) is 24.0 Å². The van der Waals surface area contributed by atoms with Gasteiger partial charge in [-0.2, -0.15) is 0 Å². The van der Waals surface area contributed by atoms with Crippen LogP contribution in [0.2, 0.25) is 5.02 Å². The number of carbonyl (C=O) groups excluding carboxylic acids is 3. The van der Waals surface area contributed by atoms with E-state index in [1.54, 1.807) is 24.0 Å². The van der Waals surface area contributed by atoms with E-state index in [1.165, 1.54) is 0 Å². The number of carbonyl (C=O) groups is 3.